The zero-order chi connectivity index (χ0) is 14.8. The molecule has 1 aromatic carbocycles. The quantitative estimate of drug-likeness (QED) is 0.781. The summed E-state index contributed by atoms with van der Waals surface area (Å²) in [5, 5.41) is 5.08. The normalized spacial score (nSPS) is 12.5. The summed E-state index contributed by atoms with van der Waals surface area (Å²) in [6.45, 7) is 2.76. The van der Waals surface area contributed by atoms with E-state index < -0.39 is 0 Å². The second kappa shape index (κ2) is 5.74. The minimum Gasteiger partial charge on any atom is -0.350 e. The van der Waals surface area contributed by atoms with Crippen molar-refractivity contribution in [2.75, 3.05) is 6.54 Å². The highest BCUT2D eigenvalue weighted by molar-refractivity contribution is 7.17. The van der Waals surface area contributed by atoms with Gasteiger partial charge in [-0.2, -0.15) is 0 Å². The average Bonchev–Trinajstić information content (AvgIpc) is 3.09. The molecule has 0 spiro atoms. The van der Waals surface area contributed by atoms with Gasteiger partial charge in [-0.15, -0.1) is 11.3 Å². The number of benzene rings is 1. The van der Waals surface area contributed by atoms with Crippen LogP contribution in [0.15, 0.2) is 47.8 Å². The van der Waals surface area contributed by atoms with Crippen molar-refractivity contribution in [2.45, 2.75) is 12.8 Å². The van der Waals surface area contributed by atoms with Crippen LogP contribution in [0.3, 0.4) is 0 Å². The third-order valence-electron chi connectivity index (χ3n) is 3.83. The van der Waals surface area contributed by atoms with Crippen molar-refractivity contribution in [2.24, 2.45) is 7.05 Å². The molecule has 3 aromatic rings. The molecule has 2 aromatic heterocycles. The molecule has 108 valence electrons. The molecule has 0 radical (unpaired) electrons. The summed E-state index contributed by atoms with van der Waals surface area (Å²) in [6.07, 6.45) is 0. The van der Waals surface area contributed by atoms with E-state index in [2.05, 4.69) is 24.4 Å². The van der Waals surface area contributed by atoms with Gasteiger partial charge < -0.3 is 9.88 Å². The lowest BCUT2D eigenvalue weighted by Gasteiger charge is -2.13. The van der Waals surface area contributed by atoms with E-state index in [-0.39, 0.29) is 5.91 Å². The maximum Gasteiger partial charge on any atom is 0.267 e. The summed E-state index contributed by atoms with van der Waals surface area (Å²) < 4.78 is 3.10. The maximum atomic E-state index is 12.3. The number of aromatic nitrogens is 1. The van der Waals surface area contributed by atoms with E-state index in [0.717, 1.165) is 15.9 Å². The van der Waals surface area contributed by atoms with E-state index in [1.807, 2.05) is 47.3 Å². The van der Waals surface area contributed by atoms with Crippen LogP contribution in [0.1, 0.15) is 28.9 Å². The topological polar surface area (TPSA) is 34.0 Å². The molecule has 3 nitrogen and oxygen atoms in total. The lowest BCUT2D eigenvalue weighted by molar-refractivity contribution is 0.0944. The monoisotopic (exact) mass is 298 g/mol. The van der Waals surface area contributed by atoms with Crippen molar-refractivity contribution < 1.29 is 4.79 Å². The number of thiophene rings is 1. The van der Waals surface area contributed by atoms with Crippen LogP contribution < -0.4 is 5.32 Å². The van der Waals surface area contributed by atoms with Gasteiger partial charge in [-0.25, -0.2) is 0 Å². The zero-order valence-electron chi connectivity index (χ0n) is 12.2. The van der Waals surface area contributed by atoms with Gasteiger partial charge in [0.25, 0.3) is 5.91 Å². The van der Waals surface area contributed by atoms with Crippen LogP contribution >= 0.6 is 11.3 Å². The van der Waals surface area contributed by atoms with E-state index >= 15 is 0 Å². The Morgan fingerprint density at radius 2 is 2.05 bits per heavy atom. The van der Waals surface area contributed by atoms with Gasteiger partial charge in [0, 0.05) is 13.6 Å². The molecular formula is C17H18N2OS. The summed E-state index contributed by atoms with van der Waals surface area (Å²) >= 11 is 1.66. The third kappa shape index (κ3) is 2.72. The number of nitrogens with one attached hydrogen (secondary N) is 1. The van der Waals surface area contributed by atoms with Crippen LogP contribution in [0.25, 0.3) is 10.2 Å². The minimum atomic E-state index is -0.0105. The van der Waals surface area contributed by atoms with Gasteiger partial charge in [-0.3, -0.25) is 4.79 Å². The molecule has 0 saturated heterocycles. The first-order chi connectivity index (χ1) is 10.2. The number of hydrogen-bond donors (Lipinski definition) is 1. The Morgan fingerprint density at radius 1 is 1.29 bits per heavy atom. The Bertz CT molecular complexity index is 758. The van der Waals surface area contributed by atoms with E-state index in [4.69, 9.17) is 0 Å². The number of hydrogen-bond acceptors (Lipinski definition) is 2. The summed E-state index contributed by atoms with van der Waals surface area (Å²) in [5.41, 5.74) is 3.07. The molecule has 0 aliphatic carbocycles. The first kappa shape index (κ1) is 13.9. The molecular weight excluding hydrogens is 280 g/mol. The first-order valence-electron chi connectivity index (χ1n) is 7.03. The number of nitrogens with zero attached hydrogens (tertiary/aromatic N) is 1. The highest BCUT2D eigenvalue weighted by atomic mass is 32.1. The molecule has 2 heterocycles. The van der Waals surface area contributed by atoms with E-state index in [1.54, 1.807) is 11.3 Å². The third-order valence-corrected chi connectivity index (χ3v) is 4.69. The van der Waals surface area contributed by atoms with E-state index in [0.29, 0.717) is 12.5 Å². The Balaban J connectivity index is 1.69. The maximum absolute atomic E-state index is 12.3. The fraction of sp³-hybridized carbons (Fsp3) is 0.235. The summed E-state index contributed by atoms with van der Waals surface area (Å²) in [6, 6.07) is 14.2. The molecule has 0 fully saturated rings. The summed E-state index contributed by atoms with van der Waals surface area (Å²) in [7, 11) is 1.94. The lowest BCUT2D eigenvalue weighted by atomic mass is 10.0. The fourth-order valence-electron chi connectivity index (χ4n) is 2.50. The minimum absolute atomic E-state index is 0.0105. The highest BCUT2D eigenvalue weighted by Gasteiger charge is 2.15. The van der Waals surface area contributed by atoms with Gasteiger partial charge in [0.1, 0.15) is 5.69 Å². The number of fused-ring (bicyclic) bond motifs is 1. The fourth-order valence-corrected chi connectivity index (χ4v) is 3.35. The zero-order valence-corrected chi connectivity index (χ0v) is 13.0. The SMILES string of the molecule is C[C@@H](CNC(=O)c1cc2sccc2n1C)c1ccccc1. The van der Waals surface area contributed by atoms with Gasteiger partial charge in [0.15, 0.2) is 0 Å². The van der Waals surface area contributed by atoms with Gasteiger partial charge in [-0.05, 0) is 29.0 Å². The van der Waals surface area contributed by atoms with Crippen molar-refractivity contribution in [3.63, 3.8) is 0 Å². The van der Waals surface area contributed by atoms with Crippen molar-refractivity contribution >= 4 is 27.5 Å². The lowest BCUT2D eigenvalue weighted by Crippen LogP contribution is -2.28. The number of aryl methyl sites for hydroxylation is 1. The number of amides is 1. The predicted molar refractivity (Wildman–Crippen MR) is 88.0 cm³/mol. The molecule has 0 unspecified atom stereocenters. The average molecular weight is 298 g/mol. The van der Waals surface area contributed by atoms with Crippen LogP contribution in [-0.4, -0.2) is 17.0 Å². The van der Waals surface area contributed by atoms with Crippen LogP contribution in [-0.2, 0) is 7.05 Å². The molecule has 0 aliphatic heterocycles. The largest absolute Gasteiger partial charge is 0.350 e. The number of carbonyl (C=O) groups excluding carboxylic acids is 1. The summed E-state index contributed by atoms with van der Waals surface area (Å²) in [5.74, 6) is 0.292. The van der Waals surface area contributed by atoms with Crippen LogP contribution in [0.5, 0.6) is 0 Å². The molecule has 4 heteroatoms. The first-order valence-corrected chi connectivity index (χ1v) is 7.91. The Hall–Kier alpha value is -2.07. The molecule has 1 amide bonds. The standard InChI is InChI=1S/C17H18N2OS/c1-12(13-6-4-3-5-7-13)11-18-17(20)15-10-16-14(19(15)2)8-9-21-16/h3-10,12H,11H2,1-2H3,(H,18,20)/t12-/m0/s1. The molecule has 1 N–H and O–H groups in total. The van der Waals surface area contributed by atoms with Crippen molar-refractivity contribution in [1.82, 2.24) is 9.88 Å². The molecule has 1 atom stereocenters. The molecule has 21 heavy (non-hydrogen) atoms. The molecule has 0 aliphatic rings. The number of carbonyl (C=O) groups is 1. The van der Waals surface area contributed by atoms with Crippen LogP contribution in [0.2, 0.25) is 0 Å². The van der Waals surface area contributed by atoms with E-state index in [9.17, 15) is 4.79 Å². The van der Waals surface area contributed by atoms with Crippen LogP contribution in [0.4, 0.5) is 0 Å². The van der Waals surface area contributed by atoms with Crippen LogP contribution in [0, 0.1) is 0 Å². The van der Waals surface area contributed by atoms with Gasteiger partial charge >= 0.3 is 0 Å². The smallest absolute Gasteiger partial charge is 0.267 e. The molecule has 3 rings (SSSR count). The van der Waals surface area contributed by atoms with Gasteiger partial charge in [-0.1, -0.05) is 37.3 Å². The Kier molecular flexibility index (Phi) is 3.80. The van der Waals surface area contributed by atoms with Gasteiger partial charge in [0.05, 0.1) is 10.2 Å². The summed E-state index contributed by atoms with van der Waals surface area (Å²) in [4.78, 5) is 12.3. The van der Waals surface area contributed by atoms with E-state index in [1.165, 1.54) is 5.56 Å². The van der Waals surface area contributed by atoms with Crippen molar-refractivity contribution in [3.05, 3.63) is 59.1 Å². The number of rotatable bonds is 4. The second-order valence-corrected chi connectivity index (χ2v) is 6.23. The second-order valence-electron chi connectivity index (χ2n) is 5.28. The molecule has 0 bridgehead atoms. The predicted octanol–water partition coefficient (Wildman–Crippen LogP) is 3.77. The van der Waals surface area contributed by atoms with Crippen molar-refractivity contribution in [1.29, 1.82) is 0 Å². The van der Waals surface area contributed by atoms with Gasteiger partial charge in [0.2, 0.25) is 0 Å². The molecule has 0 saturated carbocycles. The highest BCUT2D eigenvalue weighted by Crippen LogP contribution is 2.24. The Labute approximate surface area is 128 Å². The van der Waals surface area contributed by atoms with Crippen molar-refractivity contribution in [3.8, 4) is 0 Å². The Morgan fingerprint density at radius 3 is 2.76 bits per heavy atom.